The molecule has 0 bridgehead atoms. The highest BCUT2D eigenvalue weighted by Gasteiger charge is 2.12. The number of hydrogen-bond donors (Lipinski definition) is 1. The molecule has 0 heterocycles. The van der Waals surface area contributed by atoms with E-state index in [1.165, 1.54) is 5.56 Å². The Morgan fingerprint density at radius 2 is 1.80 bits per heavy atom. The molecule has 1 amide bonds. The van der Waals surface area contributed by atoms with Crippen LogP contribution in [0.2, 0.25) is 5.02 Å². The van der Waals surface area contributed by atoms with E-state index in [-0.39, 0.29) is 11.9 Å². The monoisotopic (exact) mass is 287 g/mol. The fourth-order valence-corrected chi connectivity index (χ4v) is 2.46. The van der Waals surface area contributed by atoms with Crippen LogP contribution < -0.4 is 5.32 Å². The molecule has 0 saturated heterocycles. The molecule has 0 aliphatic carbocycles. The van der Waals surface area contributed by atoms with Gasteiger partial charge in [-0.05, 0) is 36.6 Å². The zero-order chi connectivity index (χ0) is 14.5. The molecular formula is C17H18ClNO. The van der Waals surface area contributed by atoms with Crippen LogP contribution in [0, 0.1) is 6.92 Å². The highest BCUT2D eigenvalue weighted by Crippen LogP contribution is 2.18. The molecule has 0 fully saturated rings. The lowest BCUT2D eigenvalue weighted by molar-refractivity contribution is -0.121. The molecule has 2 aromatic rings. The Bertz CT molecular complexity index is 609. The van der Waals surface area contributed by atoms with E-state index in [2.05, 4.69) is 5.32 Å². The van der Waals surface area contributed by atoms with Gasteiger partial charge in [0.1, 0.15) is 0 Å². The molecule has 0 aliphatic heterocycles. The van der Waals surface area contributed by atoms with Crippen molar-refractivity contribution in [3.05, 3.63) is 70.2 Å². The Labute approximate surface area is 124 Å². The van der Waals surface area contributed by atoms with Crippen molar-refractivity contribution >= 4 is 17.5 Å². The van der Waals surface area contributed by atoms with Crippen LogP contribution in [0.3, 0.4) is 0 Å². The molecule has 0 saturated carbocycles. The molecule has 1 N–H and O–H groups in total. The number of halogens is 1. The Morgan fingerprint density at radius 1 is 1.15 bits per heavy atom. The third-order valence-corrected chi connectivity index (χ3v) is 3.71. The van der Waals surface area contributed by atoms with Crippen molar-refractivity contribution in [2.75, 3.05) is 0 Å². The van der Waals surface area contributed by atoms with Gasteiger partial charge in [0.05, 0.1) is 12.5 Å². The van der Waals surface area contributed by atoms with Crippen molar-refractivity contribution in [3.63, 3.8) is 0 Å². The summed E-state index contributed by atoms with van der Waals surface area (Å²) in [6.45, 7) is 4.04. The Balaban J connectivity index is 2.02. The van der Waals surface area contributed by atoms with Gasteiger partial charge >= 0.3 is 0 Å². The van der Waals surface area contributed by atoms with Gasteiger partial charge in [-0.25, -0.2) is 0 Å². The van der Waals surface area contributed by atoms with Gasteiger partial charge in [0.25, 0.3) is 0 Å². The van der Waals surface area contributed by atoms with Crippen LogP contribution in [0.15, 0.2) is 48.5 Å². The van der Waals surface area contributed by atoms with Gasteiger partial charge in [0.2, 0.25) is 5.91 Å². The van der Waals surface area contributed by atoms with E-state index in [9.17, 15) is 4.79 Å². The van der Waals surface area contributed by atoms with E-state index in [0.717, 1.165) is 11.1 Å². The zero-order valence-electron chi connectivity index (χ0n) is 11.7. The molecule has 0 aromatic heterocycles. The predicted octanol–water partition coefficient (Wildman–Crippen LogP) is 4.07. The van der Waals surface area contributed by atoms with E-state index in [4.69, 9.17) is 11.6 Å². The number of carbonyl (C=O) groups excluding carboxylic acids is 1. The summed E-state index contributed by atoms with van der Waals surface area (Å²) in [4.78, 5) is 12.1. The van der Waals surface area contributed by atoms with Crippen LogP contribution in [0.1, 0.15) is 29.7 Å². The predicted molar refractivity (Wildman–Crippen MR) is 82.9 cm³/mol. The second-order valence-electron chi connectivity index (χ2n) is 4.91. The standard InChI is InChI=1S/C17H18ClNO/c1-12-7-3-5-9-15(12)13(2)19-17(20)11-14-8-4-6-10-16(14)18/h3-10,13H,11H2,1-2H3,(H,19,20). The lowest BCUT2D eigenvalue weighted by atomic mass is 10.0. The average Bonchev–Trinajstić information content (AvgIpc) is 2.41. The first kappa shape index (κ1) is 14.6. The van der Waals surface area contributed by atoms with Gasteiger partial charge in [-0.2, -0.15) is 0 Å². The zero-order valence-corrected chi connectivity index (χ0v) is 12.4. The first-order valence-electron chi connectivity index (χ1n) is 6.66. The van der Waals surface area contributed by atoms with Crippen LogP contribution in [0.5, 0.6) is 0 Å². The minimum absolute atomic E-state index is 0.00816. The quantitative estimate of drug-likeness (QED) is 0.902. The van der Waals surface area contributed by atoms with Crippen molar-refractivity contribution in [1.82, 2.24) is 5.32 Å². The van der Waals surface area contributed by atoms with Crippen LogP contribution in [0.4, 0.5) is 0 Å². The Hall–Kier alpha value is -1.80. The Kier molecular flexibility index (Phi) is 4.80. The number of hydrogen-bond acceptors (Lipinski definition) is 1. The van der Waals surface area contributed by atoms with Crippen molar-refractivity contribution in [2.24, 2.45) is 0 Å². The third kappa shape index (κ3) is 3.61. The van der Waals surface area contributed by atoms with E-state index < -0.39 is 0 Å². The maximum atomic E-state index is 12.1. The first-order chi connectivity index (χ1) is 9.58. The average molecular weight is 288 g/mol. The summed E-state index contributed by atoms with van der Waals surface area (Å²) in [7, 11) is 0. The molecule has 0 spiro atoms. The molecule has 1 atom stereocenters. The van der Waals surface area contributed by atoms with Crippen LogP contribution in [-0.4, -0.2) is 5.91 Å². The molecule has 2 rings (SSSR count). The lowest BCUT2D eigenvalue weighted by Gasteiger charge is -2.16. The number of carbonyl (C=O) groups is 1. The summed E-state index contributed by atoms with van der Waals surface area (Å²) in [6, 6.07) is 15.5. The fraction of sp³-hybridized carbons (Fsp3) is 0.235. The molecule has 3 heteroatoms. The summed E-state index contributed by atoms with van der Waals surface area (Å²) in [5.74, 6) is -0.0196. The molecule has 1 unspecified atom stereocenters. The fourth-order valence-electron chi connectivity index (χ4n) is 2.26. The molecule has 2 nitrogen and oxygen atoms in total. The number of aryl methyl sites for hydroxylation is 1. The van der Waals surface area contributed by atoms with E-state index in [1.54, 1.807) is 6.07 Å². The second-order valence-corrected chi connectivity index (χ2v) is 5.32. The lowest BCUT2D eigenvalue weighted by Crippen LogP contribution is -2.28. The van der Waals surface area contributed by atoms with Crippen molar-refractivity contribution in [2.45, 2.75) is 26.3 Å². The van der Waals surface area contributed by atoms with Gasteiger partial charge in [0, 0.05) is 5.02 Å². The minimum Gasteiger partial charge on any atom is -0.349 e. The molecular weight excluding hydrogens is 270 g/mol. The van der Waals surface area contributed by atoms with Crippen LogP contribution in [-0.2, 0) is 11.2 Å². The highest BCUT2D eigenvalue weighted by molar-refractivity contribution is 6.31. The van der Waals surface area contributed by atoms with Crippen LogP contribution in [0.25, 0.3) is 0 Å². The maximum Gasteiger partial charge on any atom is 0.224 e. The topological polar surface area (TPSA) is 29.1 Å². The third-order valence-electron chi connectivity index (χ3n) is 3.34. The molecule has 20 heavy (non-hydrogen) atoms. The van der Waals surface area contributed by atoms with E-state index in [0.29, 0.717) is 11.4 Å². The van der Waals surface area contributed by atoms with Gasteiger partial charge < -0.3 is 5.32 Å². The number of benzene rings is 2. The summed E-state index contributed by atoms with van der Waals surface area (Å²) in [6.07, 6.45) is 0.301. The van der Waals surface area contributed by atoms with E-state index in [1.807, 2.05) is 56.3 Å². The van der Waals surface area contributed by atoms with Crippen LogP contribution >= 0.6 is 11.6 Å². The molecule has 0 radical (unpaired) electrons. The number of amides is 1. The number of rotatable bonds is 4. The molecule has 104 valence electrons. The largest absolute Gasteiger partial charge is 0.349 e. The maximum absolute atomic E-state index is 12.1. The van der Waals surface area contributed by atoms with Crippen molar-refractivity contribution in [3.8, 4) is 0 Å². The minimum atomic E-state index is -0.0196. The first-order valence-corrected chi connectivity index (χ1v) is 7.04. The summed E-state index contributed by atoms with van der Waals surface area (Å²) in [5.41, 5.74) is 3.17. The van der Waals surface area contributed by atoms with Gasteiger partial charge in [-0.3, -0.25) is 4.79 Å². The van der Waals surface area contributed by atoms with Gasteiger partial charge in [-0.15, -0.1) is 0 Å². The van der Waals surface area contributed by atoms with E-state index >= 15 is 0 Å². The summed E-state index contributed by atoms with van der Waals surface area (Å²) < 4.78 is 0. The summed E-state index contributed by atoms with van der Waals surface area (Å²) >= 11 is 6.07. The highest BCUT2D eigenvalue weighted by atomic mass is 35.5. The Morgan fingerprint density at radius 3 is 2.50 bits per heavy atom. The number of nitrogens with one attached hydrogen (secondary N) is 1. The van der Waals surface area contributed by atoms with Crippen molar-refractivity contribution in [1.29, 1.82) is 0 Å². The molecule has 0 aliphatic rings. The normalized spacial score (nSPS) is 11.9. The molecule has 2 aromatic carbocycles. The smallest absolute Gasteiger partial charge is 0.224 e. The van der Waals surface area contributed by atoms with Crippen molar-refractivity contribution < 1.29 is 4.79 Å². The van der Waals surface area contributed by atoms with Gasteiger partial charge in [0.15, 0.2) is 0 Å². The SMILES string of the molecule is Cc1ccccc1C(C)NC(=O)Cc1ccccc1Cl. The summed E-state index contributed by atoms with van der Waals surface area (Å²) in [5, 5.41) is 3.65. The second kappa shape index (κ2) is 6.58. The van der Waals surface area contributed by atoms with Gasteiger partial charge in [-0.1, -0.05) is 54.1 Å².